The highest BCUT2D eigenvalue weighted by atomic mass is 16.5. The predicted octanol–water partition coefficient (Wildman–Crippen LogP) is 6.69. The Bertz CT molecular complexity index is 1380. The van der Waals surface area contributed by atoms with Crippen LogP contribution in [-0.2, 0) is 4.74 Å². The number of morpholine rings is 1. The van der Waals surface area contributed by atoms with Crippen molar-refractivity contribution in [1.82, 2.24) is 14.8 Å². The Hall–Kier alpha value is -3.87. The normalized spacial score (nSPS) is 19.1. The molecule has 1 aliphatic carbocycles. The number of ether oxygens (including phenoxy) is 1. The van der Waals surface area contributed by atoms with Gasteiger partial charge in [-0.3, -0.25) is 9.91 Å². The maximum atomic E-state index is 5.72. The van der Waals surface area contributed by atoms with Gasteiger partial charge in [0.25, 0.3) is 0 Å². The van der Waals surface area contributed by atoms with Gasteiger partial charge in [-0.25, -0.2) is 0 Å². The van der Waals surface area contributed by atoms with Crippen LogP contribution in [0.1, 0.15) is 49.4 Å². The molecule has 0 amide bonds. The Balaban J connectivity index is 1.18. The summed E-state index contributed by atoms with van der Waals surface area (Å²) in [7, 11) is 0. The summed E-state index contributed by atoms with van der Waals surface area (Å²) < 4.78 is 5.72. The highest BCUT2D eigenvalue weighted by Crippen LogP contribution is 2.35. The smallest absolute Gasteiger partial charge is 0.0642 e. The number of hydrazone groups is 1. The first-order valence-corrected chi connectivity index (χ1v) is 16.5. The van der Waals surface area contributed by atoms with Crippen molar-refractivity contribution in [3.8, 4) is 0 Å². The molecule has 0 bridgehead atoms. The molecule has 0 unspecified atom stereocenters. The van der Waals surface area contributed by atoms with Gasteiger partial charge in [0.2, 0.25) is 0 Å². The Labute approximate surface area is 263 Å². The molecule has 2 fully saturated rings. The third kappa shape index (κ3) is 7.09. The van der Waals surface area contributed by atoms with Gasteiger partial charge in [0.15, 0.2) is 0 Å². The van der Waals surface area contributed by atoms with Crippen LogP contribution in [0.5, 0.6) is 0 Å². The number of nitrogens with zero attached hydrogens (tertiary/aromatic N) is 5. The van der Waals surface area contributed by atoms with Crippen molar-refractivity contribution in [2.24, 2.45) is 5.10 Å². The lowest BCUT2D eigenvalue weighted by Gasteiger charge is -2.38. The van der Waals surface area contributed by atoms with E-state index in [9.17, 15) is 0 Å². The SMILES string of the molecule is CCN(CC)c1ccc(C=C2CCC(C=NN3CCN(C(c4ccccc4)c4ccccc4)CC3)=C2N2CCOCC2)cc1. The summed E-state index contributed by atoms with van der Waals surface area (Å²) in [5, 5.41) is 7.34. The standard InChI is InChI=1S/C38H47N5O/c1-3-40(4-2)36-19-15-31(16-20-36)29-34-17-18-35(38(34)42-25-27-44-28-26-42)30-39-43-23-21-41(22-24-43)37(32-11-7-5-8-12-32)33-13-9-6-10-14-33/h5-16,19-20,29-30,37H,3-4,17-18,21-28H2,1-2H3. The van der Waals surface area contributed by atoms with E-state index >= 15 is 0 Å². The van der Waals surface area contributed by atoms with Crippen LogP contribution in [0.2, 0.25) is 0 Å². The van der Waals surface area contributed by atoms with Gasteiger partial charge >= 0.3 is 0 Å². The van der Waals surface area contributed by atoms with Gasteiger partial charge in [-0.05, 0) is 72.7 Å². The predicted molar refractivity (Wildman–Crippen MR) is 183 cm³/mol. The molecule has 0 atom stereocenters. The number of allylic oxidation sites excluding steroid dienone is 2. The second-order valence-electron chi connectivity index (χ2n) is 11.9. The van der Waals surface area contributed by atoms with Crippen LogP contribution >= 0.6 is 0 Å². The quantitative estimate of drug-likeness (QED) is 0.246. The molecule has 2 aliphatic heterocycles. The van der Waals surface area contributed by atoms with E-state index in [0.29, 0.717) is 0 Å². The Kier molecular flexibility index (Phi) is 10.1. The number of piperazine rings is 1. The molecule has 6 rings (SSSR count). The lowest BCUT2D eigenvalue weighted by Crippen LogP contribution is -2.46. The Morgan fingerprint density at radius 3 is 1.95 bits per heavy atom. The largest absolute Gasteiger partial charge is 0.378 e. The van der Waals surface area contributed by atoms with Gasteiger partial charge in [-0.2, -0.15) is 5.10 Å². The maximum absolute atomic E-state index is 5.72. The molecular formula is C38H47N5O. The van der Waals surface area contributed by atoms with Crippen molar-refractivity contribution >= 4 is 18.0 Å². The summed E-state index contributed by atoms with van der Waals surface area (Å²) in [5.41, 5.74) is 9.40. The van der Waals surface area contributed by atoms with E-state index in [0.717, 1.165) is 78.4 Å². The second-order valence-corrected chi connectivity index (χ2v) is 11.9. The van der Waals surface area contributed by atoms with Crippen LogP contribution in [-0.4, -0.2) is 86.6 Å². The van der Waals surface area contributed by atoms with Crippen molar-refractivity contribution in [2.45, 2.75) is 32.7 Å². The summed E-state index contributed by atoms with van der Waals surface area (Å²) in [4.78, 5) is 7.52. The van der Waals surface area contributed by atoms with Gasteiger partial charge in [-0.15, -0.1) is 0 Å². The van der Waals surface area contributed by atoms with E-state index in [-0.39, 0.29) is 6.04 Å². The van der Waals surface area contributed by atoms with Gasteiger partial charge in [0.1, 0.15) is 0 Å². The zero-order chi connectivity index (χ0) is 30.1. The molecular weight excluding hydrogens is 542 g/mol. The summed E-state index contributed by atoms with van der Waals surface area (Å²) >= 11 is 0. The molecule has 3 aromatic carbocycles. The van der Waals surface area contributed by atoms with E-state index < -0.39 is 0 Å². The van der Waals surface area contributed by atoms with Crippen LogP contribution in [0.4, 0.5) is 5.69 Å². The molecule has 3 aliphatic rings. The first-order chi connectivity index (χ1) is 21.7. The fraction of sp³-hybridized carbons (Fsp3) is 0.395. The molecule has 0 radical (unpaired) electrons. The van der Waals surface area contributed by atoms with Crippen LogP contribution in [0.15, 0.2) is 107 Å². The molecule has 2 heterocycles. The fourth-order valence-electron chi connectivity index (χ4n) is 6.86. The highest BCUT2D eigenvalue weighted by molar-refractivity contribution is 5.83. The minimum atomic E-state index is 0.266. The van der Waals surface area contributed by atoms with Crippen molar-refractivity contribution in [3.05, 3.63) is 118 Å². The molecule has 0 spiro atoms. The number of hydrogen-bond donors (Lipinski definition) is 0. The highest BCUT2D eigenvalue weighted by Gasteiger charge is 2.28. The summed E-state index contributed by atoms with van der Waals surface area (Å²) in [6.45, 7) is 13.7. The van der Waals surface area contributed by atoms with Crippen LogP contribution in [0.3, 0.4) is 0 Å². The van der Waals surface area contributed by atoms with Crippen molar-refractivity contribution in [1.29, 1.82) is 0 Å². The van der Waals surface area contributed by atoms with E-state index in [2.05, 4.69) is 131 Å². The summed E-state index contributed by atoms with van der Waals surface area (Å²) in [5.74, 6) is 0. The third-order valence-electron chi connectivity index (χ3n) is 9.23. The van der Waals surface area contributed by atoms with Crippen molar-refractivity contribution in [3.63, 3.8) is 0 Å². The monoisotopic (exact) mass is 589 g/mol. The van der Waals surface area contributed by atoms with E-state index in [1.54, 1.807) is 0 Å². The number of benzene rings is 3. The first-order valence-electron chi connectivity index (χ1n) is 16.5. The maximum Gasteiger partial charge on any atom is 0.0642 e. The average molecular weight is 590 g/mol. The molecule has 6 nitrogen and oxygen atoms in total. The lowest BCUT2D eigenvalue weighted by atomic mass is 9.96. The number of anilines is 1. The van der Waals surface area contributed by atoms with Crippen LogP contribution in [0.25, 0.3) is 6.08 Å². The van der Waals surface area contributed by atoms with Crippen molar-refractivity contribution < 1.29 is 4.74 Å². The fourth-order valence-corrected chi connectivity index (χ4v) is 6.86. The summed E-state index contributed by atoms with van der Waals surface area (Å²) in [6, 6.07) is 31.1. The Morgan fingerprint density at radius 2 is 1.36 bits per heavy atom. The molecule has 2 saturated heterocycles. The zero-order valence-electron chi connectivity index (χ0n) is 26.4. The Morgan fingerprint density at radius 1 is 0.750 bits per heavy atom. The van der Waals surface area contributed by atoms with Gasteiger partial charge in [0, 0.05) is 63.7 Å². The molecule has 230 valence electrons. The van der Waals surface area contributed by atoms with Gasteiger partial charge in [0.05, 0.1) is 25.5 Å². The minimum absolute atomic E-state index is 0.266. The van der Waals surface area contributed by atoms with Gasteiger partial charge < -0.3 is 14.5 Å². The number of hydrogen-bond acceptors (Lipinski definition) is 6. The molecule has 0 saturated carbocycles. The third-order valence-corrected chi connectivity index (χ3v) is 9.23. The van der Waals surface area contributed by atoms with Crippen molar-refractivity contribution in [2.75, 3.05) is 70.5 Å². The molecule has 44 heavy (non-hydrogen) atoms. The van der Waals surface area contributed by atoms with E-state index in [1.807, 2.05) is 0 Å². The minimum Gasteiger partial charge on any atom is -0.378 e. The summed E-state index contributed by atoms with van der Waals surface area (Å²) in [6.07, 6.45) is 6.64. The van der Waals surface area contributed by atoms with Crippen LogP contribution in [0, 0.1) is 0 Å². The second kappa shape index (κ2) is 14.7. The molecule has 3 aromatic rings. The molecule has 0 N–H and O–H groups in total. The first kappa shape index (κ1) is 30.2. The number of rotatable bonds is 10. The average Bonchev–Trinajstić information content (AvgIpc) is 3.49. The van der Waals surface area contributed by atoms with E-state index in [1.165, 1.54) is 39.2 Å². The van der Waals surface area contributed by atoms with E-state index in [4.69, 9.17) is 9.84 Å². The lowest BCUT2D eigenvalue weighted by molar-refractivity contribution is 0.0548. The zero-order valence-corrected chi connectivity index (χ0v) is 26.4. The van der Waals surface area contributed by atoms with Gasteiger partial charge in [-0.1, -0.05) is 72.8 Å². The topological polar surface area (TPSA) is 34.5 Å². The molecule has 6 heteroatoms. The molecule has 0 aromatic heterocycles. The van der Waals surface area contributed by atoms with Crippen LogP contribution < -0.4 is 4.90 Å².